The number of hydrogen-bond acceptors (Lipinski definition) is 4. The van der Waals surface area contributed by atoms with Gasteiger partial charge in [0.1, 0.15) is 11.4 Å². The fourth-order valence-corrected chi connectivity index (χ4v) is 6.75. The summed E-state index contributed by atoms with van der Waals surface area (Å²) in [5.74, 6) is 0.189. The molecule has 5 heteroatoms. The molecule has 0 aromatic heterocycles. The molecule has 0 heterocycles. The van der Waals surface area contributed by atoms with E-state index in [-0.39, 0.29) is 40.2 Å². The molecule has 184 valence electrons. The first-order valence-electron chi connectivity index (χ1n) is 12.5. The van der Waals surface area contributed by atoms with Crippen LogP contribution in [0, 0.1) is 35.5 Å². The lowest BCUT2D eigenvalue weighted by Gasteiger charge is -2.60. The summed E-state index contributed by atoms with van der Waals surface area (Å²) in [6, 6.07) is 4.98. The maximum Gasteiger partial charge on any atom is 0.407 e. The molecule has 3 rings (SSSR count). The molecule has 0 radical (unpaired) electrons. The van der Waals surface area contributed by atoms with Crippen LogP contribution in [0.4, 0.5) is 4.79 Å². The van der Waals surface area contributed by atoms with Crippen LogP contribution in [0.2, 0.25) is 0 Å². The van der Waals surface area contributed by atoms with Crippen LogP contribution in [0.25, 0.3) is 0 Å². The van der Waals surface area contributed by atoms with Gasteiger partial charge in [0.15, 0.2) is 5.78 Å². The topological polar surface area (TPSA) is 75.6 Å². The molecule has 0 bridgehead atoms. The van der Waals surface area contributed by atoms with Gasteiger partial charge in [-0.05, 0) is 92.9 Å². The number of nitrogens with one attached hydrogen (secondary N) is 1. The van der Waals surface area contributed by atoms with Crippen LogP contribution in [0.3, 0.4) is 0 Å². The Morgan fingerprint density at radius 2 is 1.85 bits per heavy atom. The van der Waals surface area contributed by atoms with E-state index in [0.717, 1.165) is 37.7 Å². The number of carbonyl (C=O) groups is 2. The molecule has 0 aliphatic heterocycles. The van der Waals surface area contributed by atoms with Crippen LogP contribution in [-0.4, -0.2) is 28.6 Å². The first-order valence-corrected chi connectivity index (χ1v) is 12.5. The maximum atomic E-state index is 14.0. The number of aryl methyl sites for hydroxylation is 1. The predicted octanol–water partition coefficient (Wildman–Crippen LogP) is 6.66. The van der Waals surface area contributed by atoms with Gasteiger partial charge in [-0.3, -0.25) is 4.79 Å². The van der Waals surface area contributed by atoms with Gasteiger partial charge in [0.05, 0.1) is 0 Å². The number of ketones is 1. The Bertz CT molecular complexity index is 885. The lowest BCUT2D eigenvalue weighted by molar-refractivity contribution is -0.0918. The number of rotatable bonds is 5. The summed E-state index contributed by atoms with van der Waals surface area (Å²) in [5.41, 5.74) is 0.806. The number of phenolic OH excluding ortho intramolecular Hbond substituents is 1. The molecule has 5 nitrogen and oxygen atoms in total. The Kier molecular flexibility index (Phi) is 6.94. The van der Waals surface area contributed by atoms with Gasteiger partial charge in [-0.25, -0.2) is 4.79 Å². The monoisotopic (exact) mass is 457 g/mol. The summed E-state index contributed by atoms with van der Waals surface area (Å²) in [6.07, 6.45) is 4.38. The molecule has 2 unspecified atom stereocenters. The molecule has 2 saturated carbocycles. The second kappa shape index (κ2) is 8.96. The normalized spacial score (nSPS) is 31.4. The second-order valence-corrected chi connectivity index (χ2v) is 12.1. The number of Topliss-reactive ketones (excluding diaryl/α,β-unsaturated/α-hetero) is 1. The van der Waals surface area contributed by atoms with Crippen LogP contribution in [0.5, 0.6) is 5.75 Å². The highest BCUT2D eigenvalue weighted by Gasteiger charge is 2.58. The minimum absolute atomic E-state index is 0.0485. The van der Waals surface area contributed by atoms with Crippen molar-refractivity contribution in [3.8, 4) is 5.75 Å². The summed E-state index contributed by atoms with van der Waals surface area (Å²) in [4.78, 5) is 26.9. The summed E-state index contributed by atoms with van der Waals surface area (Å²) >= 11 is 0. The minimum Gasteiger partial charge on any atom is -0.508 e. The molecule has 1 aromatic rings. The van der Waals surface area contributed by atoms with Crippen LogP contribution in [-0.2, 0) is 4.74 Å². The zero-order valence-electron chi connectivity index (χ0n) is 21.7. The Morgan fingerprint density at radius 1 is 1.18 bits per heavy atom. The van der Waals surface area contributed by atoms with Crippen LogP contribution in [0.15, 0.2) is 18.2 Å². The highest BCUT2D eigenvalue weighted by atomic mass is 16.6. The molecule has 1 aromatic carbocycles. The molecule has 33 heavy (non-hydrogen) atoms. The lowest BCUT2D eigenvalue weighted by atomic mass is 9.45. The van der Waals surface area contributed by atoms with Gasteiger partial charge in [-0.2, -0.15) is 0 Å². The summed E-state index contributed by atoms with van der Waals surface area (Å²) in [6.45, 7) is 16.7. The van der Waals surface area contributed by atoms with Crippen molar-refractivity contribution in [1.29, 1.82) is 0 Å². The molecule has 2 aliphatic rings. The number of amides is 1. The van der Waals surface area contributed by atoms with Crippen molar-refractivity contribution in [2.24, 2.45) is 28.6 Å². The van der Waals surface area contributed by atoms with Gasteiger partial charge in [-0.15, -0.1) is 0 Å². The van der Waals surface area contributed by atoms with E-state index in [4.69, 9.17) is 4.74 Å². The quantitative estimate of drug-likeness (QED) is 0.485. The third kappa shape index (κ3) is 5.07. The van der Waals surface area contributed by atoms with Crippen molar-refractivity contribution >= 4 is 11.9 Å². The highest BCUT2D eigenvalue weighted by Crippen LogP contribution is 2.61. The predicted molar refractivity (Wildman–Crippen MR) is 131 cm³/mol. The number of alkyl carbamates (subject to hydrolysis) is 1. The molecule has 2 fully saturated rings. The van der Waals surface area contributed by atoms with E-state index in [1.807, 2.05) is 33.8 Å². The Morgan fingerprint density at radius 3 is 2.45 bits per heavy atom. The zero-order valence-corrected chi connectivity index (χ0v) is 21.7. The van der Waals surface area contributed by atoms with E-state index < -0.39 is 11.7 Å². The van der Waals surface area contributed by atoms with E-state index in [0.29, 0.717) is 11.5 Å². The third-order valence-corrected chi connectivity index (χ3v) is 8.79. The van der Waals surface area contributed by atoms with E-state index in [2.05, 4.69) is 33.0 Å². The van der Waals surface area contributed by atoms with E-state index in [1.54, 1.807) is 12.1 Å². The number of phenols is 1. The average molecular weight is 458 g/mol. The van der Waals surface area contributed by atoms with Crippen molar-refractivity contribution in [3.63, 3.8) is 0 Å². The molecule has 1 amide bonds. The number of fused-ring (bicyclic) bond motifs is 1. The number of carbonyl (C=O) groups excluding carboxylic acids is 2. The van der Waals surface area contributed by atoms with Crippen LogP contribution >= 0.6 is 0 Å². The van der Waals surface area contributed by atoms with Crippen molar-refractivity contribution in [2.45, 2.75) is 99.1 Å². The molecule has 5 atom stereocenters. The highest BCUT2D eigenvalue weighted by molar-refractivity contribution is 5.99. The molecule has 0 spiro atoms. The minimum atomic E-state index is -0.533. The fourth-order valence-electron chi connectivity index (χ4n) is 6.75. The van der Waals surface area contributed by atoms with E-state index in [1.165, 1.54) is 0 Å². The zero-order chi connectivity index (χ0) is 24.8. The fraction of sp³-hybridized carbons (Fsp3) is 0.714. The van der Waals surface area contributed by atoms with Gasteiger partial charge >= 0.3 is 6.09 Å². The Balaban J connectivity index is 1.99. The van der Waals surface area contributed by atoms with Gasteiger partial charge in [0, 0.05) is 17.5 Å². The summed E-state index contributed by atoms with van der Waals surface area (Å²) in [5, 5.41) is 13.3. The average Bonchev–Trinajstić information content (AvgIpc) is 2.67. The Labute approximate surface area is 199 Å². The second-order valence-electron chi connectivity index (χ2n) is 12.1. The number of aromatic hydroxyl groups is 1. The summed E-state index contributed by atoms with van der Waals surface area (Å²) < 4.78 is 5.70. The van der Waals surface area contributed by atoms with Crippen molar-refractivity contribution < 1.29 is 19.4 Å². The summed E-state index contributed by atoms with van der Waals surface area (Å²) in [7, 11) is 0. The van der Waals surface area contributed by atoms with Crippen LogP contribution in [0.1, 0.15) is 96.5 Å². The Hall–Kier alpha value is -2.04. The SMILES string of the molecule is CCC(C)(C)OC(=O)NC1C[C@H]2C(C)(C)CCC[C@]2(C)[C@@H](C(=O)c2cc(C)cc(O)c2)C1C. The standard InChI is InChI=1S/C28H43NO4/c1-9-27(6,7)33-25(32)29-21-16-22-26(4,5)11-10-12-28(22,8)23(18(21)3)24(31)19-13-17(2)14-20(30)15-19/h13-15,18,21-23,30H,9-12,16H2,1-8H3,(H,29,32)/t18?,21?,22-,23+,28-/m0/s1. The molecular weight excluding hydrogens is 414 g/mol. The van der Waals surface area contributed by atoms with Gasteiger partial charge in [0.2, 0.25) is 0 Å². The first kappa shape index (κ1) is 25.6. The molecular formula is C28H43NO4. The maximum absolute atomic E-state index is 14.0. The first-order chi connectivity index (χ1) is 15.2. The van der Waals surface area contributed by atoms with Gasteiger partial charge < -0.3 is 15.2 Å². The van der Waals surface area contributed by atoms with Gasteiger partial charge in [0.25, 0.3) is 0 Å². The van der Waals surface area contributed by atoms with E-state index >= 15 is 0 Å². The number of ether oxygens (including phenoxy) is 1. The molecule has 2 aliphatic carbocycles. The van der Waals surface area contributed by atoms with Crippen LogP contribution < -0.4 is 5.32 Å². The van der Waals surface area contributed by atoms with Crippen molar-refractivity contribution in [1.82, 2.24) is 5.32 Å². The van der Waals surface area contributed by atoms with Crippen molar-refractivity contribution in [3.05, 3.63) is 29.3 Å². The van der Waals surface area contributed by atoms with Gasteiger partial charge in [-0.1, -0.05) is 41.0 Å². The van der Waals surface area contributed by atoms with Crippen molar-refractivity contribution in [2.75, 3.05) is 0 Å². The number of benzene rings is 1. The largest absolute Gasteiger partial charge is 0.508 e. The third-order valence-electron chi connectivity index (χ3n) is 8.79. The molecule has 0 saturated heterocycles. The number of hydrogen-bond donors (Lipinski definition) is 2. The van der Waals surface area contributed by atoms with E-state index in [9.17, 15) is 14.7 Å². The molecule has 2 N–H and O–H groups in total. The smallest absolute Gasteiger partial charge is 0.407 e. The lowest BCUT2D eigenvalue weighted by Crippen LogP contribution is -2.61.